The SMILES string of the molecule is CN(C)C/C=C\CNCc1ccccn1. The highest BCUT2D eigenvalue weighted by atomic mass is 15.0. The van der Waals surface area contributed by atoms with Crippen LogP contribution in [0.3, 0.4) is 0 Å². The lowest BCUT2D eigenvalue weighted by atomic mass is 10.3. The Balaban J connectivity index is 2.10. The van der Waals surface area contributed by atoms with Gasteiger partial charge in [0.15, 0.2) is 0 Å². The summed E-state index contributed by atoms with van der Waals surface area (Å²) in [6.45, 7) is 2.71. The summed E-state index contributed by atoms with van der Waals surface area (Å²) in [6.07, 6.45) is 6.12. The molecule has 0 saturated carbocycles. The molecule has 1 rings (SSSR count). The second-order valence-electron chi connectivity index (χ2n) is 3.69. The van der Waals surface area contributed by atoms with Crippen LogP contribution in [0.5, 0.6) is 0 Å². The molecule has 0 spiro atoms. The van der Waals surface area contributed by atoms with Crippen LogP contribution >= 0.6 is 0 Å². The fourth-order valence-electron chi connectivity index (χ4n) is 1.15. The van der Waals surface area contributed by atoms with Crippen LogP contribution < -0.4 is 5.32 Å². The molecule has 0 amide bonds. The second kappa shape index (κ2) is 7.15. The Morgan fingerprint density at radius 2 is 2.20 bits per heavy atom. The molecule has 0 bridgehead atoms. The smallest absolute Gasteiger partial charge is 0.0541 e. The lowest BCUT2D eigenvalue weighted by molar-refractivity contribution is 0.456. The number of hydrogen-bond acceptors (Lipinski definition) is 3. The van der Waals surface area contributed by atoms with Crippen LogP contribution in [0.2, 0.25) is 0 Å². The van der Waals surface area contributed by atoms with E-state index in [0.29, 0.717) is 0 Å². The van der Waals surface area contributed by atoms with Crippen molar-refractivity contribution in [3.8, 4) is 0 Å². The minimum Gasteiger partial charge on any atom is -0.308 e. The average molecular weight is 205 g/mol. The Hall–Kier alpha value is -1.19. The van der Waals surface area contributed by atoms with E-state index >= 15 is 0 Å². The van der Waals surface area contributed by atoms with Gasteiger partial charge in [-0.1, -0.05) is 18.2 Å². The zero-order chi connectivity index (χ0) is 10.9. The summed E-state index contributed by atoms with van der Waals surface area (Å²) in [5.41, 5.74) is 1.08. The maximum atomic E-state index is 4.23. The molecule has 0 unspecified atom stereocenters. The number of nitrogens with zero attached hydrogens (tertiary/aromatic N) is 2. The van der Waals surface area contributed by atoms with E-state index in [1.54, 1.807) is 0 Å². The molecule has 0 aliphatic carbocycles. The van der Waals surface area contributed by atoms with Crippen LogP contribution in [-0.4, -0.2) is 37.1 Å². The number of pyridine rings is 1. The highest BCUT2D eigenvalue weighted by Gasteiger charge is 1.89. The minimum atomic E-state index is 0.827. The van der Waals surface area contributed by atoms with Gasteiger partial charge < -0.3 is 10.2 Å². The number of aromatic nitrogens is 1. The number of nitrogens with one attached hydrogen (secondary N) is 1. The monoisotopic (exact) mass is 205 g/mol. The maximum Gasteiger partial charge on any atom is 0.0541 e. The highest BCUT2D eigenvalue weighted by molar-refractivity contribution is 5.03. The van der Waals surface area contributed by atoms with Crippen molar-refractivity contribution in [1.82, 2.24) is 15.2 Å². The van der Waals surface area contributed by atoms with Crippen LogP contribution in [-0.2, 0) is 6.54 Å². The first kappa shape index (κ1) is 11.9. The van der Waals surface area contributed by atoms with E-state index in [1.165, 1.54) is 0 Å². The molecule has 1 aromatic rings. The van der Waals surface area contributed by atoms with Crippen molar-refractivity contribution in [2.45, 2.75) is 6.54 Å². The molecular weight excluding hydrogens is 186 g/mol. The molecule has 0 atom stereocenters. The normalized spacial score (nSPS) is 11.4. The van der Waals surface area contributed by atoms with Gasteiger partial charge in [0.25, 0.3) is 0 Å². The topological polar surface area (TPSA) is 28.2 Å². The quantitative estimate of drug-likeness (QED) is 0.560. The Kier molecular flexibility index (Phi) is 5.66. The molecule has 0 saturated heterocycles. The molecular formula is C12H19N3. The van der Waals surface area contributed by atoms with Crippen LogP contribution in [0.1, 0.15) is 5.69 Å². The van der Waals surface area contributed by atoms with E-state index in [9.17, 15) is 0 Å². The molecule has 15 heavy (non-hydrogen) atoms. The lowest BCUT2D eigenvalue weighted by Gasteiger charge is -2.04. The molecule has 0 aromatic carbocycles. The summed E-state index contributed by atoms with van der Waals surface area (Å²) in [5, 5.41) is 3.31. The van der Waals surface area contributed by atoms with Crippen LogP contribution in [0.25, 0.3) is 0 Å². The van der Waals surface area contributed by atoms with Gasteiger partial charge in [0.1, 0.15) is 0 Å². The van der Waals surface area contributed by atoms with Gasteiger partial charge in [0.2, 0.25) is 0 Å². The standard InChI is InChI=1S/C12H19N3/c1-15(2)10-6-5-8-13-11-12-7-3-4-9-14-12/h3-7,9,13H,8,10-11H2,1-2H3/b6-5-. The van der Waals surface area contributed by atoms with Crippen molar-refractivity contribution < 1.29 is 0 Å². The van der Waals surface area contributed by atoms with Gasteiger partial charge in [-0.05, 0) is 26.2 Å². The predicted octanol–water partition coefficient (Wildman–Crippen LogP) is 1.29. The van der Waals surface area contributed by atoms with Gasteiger partial charge in [-0.2, -0.15) is 0 Å². The van der Waals surface area contributed by atoms with E-state index in [0.717, 1.165) is 25.3 Å². The third-order valence-corrected chi connectivity index (χ3v) is 1.93. The largest absolute Gasteiger partial charge is 0.308 e. The van der Waals surface area contributed by atoms with Gasteiger partial charge in [0.05, 0.1) is 5.69 Å². The molecule has 0 fully saturated rings. The molecule has 82 valence electrons. The van der Waals surface area contributed by atoms with Gasteiger partial charge in [-0.15, -0.1) is 0 Å². The first-order valence-corrected chi connectivity index (χ1v) is 5.19. The molecule has 3 nitrogen and oxygen atoms in total. The molecule has 1 heterocycles. The van der Waals surface area contributed by atoms with Crippen molar-refractivity contribution in [1.29, 1.82) is 0 Å². The van der Waals surface area contributed by atoms with Crippen molar-refractivity contribution in [3.05, 3.63) is 42.2 Å². The van der Waals surface area contributed by atoms with Gasteiger partial charge in [-0.3, -0.25) is 4.98 Å². The molecule has 1 aromatic heterocycles. The summed E-state index contributed by atoms with van der Waals surface area (Å²) in [5.74, 6) is 0. The number of hydrogen-bond donors (Lipinski definition) is 1. The summed E-state index contributed by atoms with van der Waals surface area (Å²) >= 11 is 0. The van der Waals surface area contributed by atoms with Gasteiger partial charge >= 0.3 is 0 Å². The number of likely N-dealkylation sites (N-methyl/N-ethyl adjacent to an activating group) is 1. The Labute approximate surface area is 91.8 Å². The lowest BCUT2D eigenvalue weighted by Crippen LogP contribution is -2.15. The molecule has 0 aliphatic heterocycles. The van der Waals surface area contributed by atoms with E-state index in [2.05, 4.69) is 41.4 Å². The first-order chi connectivity index (χ1) is 7.29. The molecule has 0 aliphatic rings. The van der Waals surface area contributed by atoms with Crippen LogP contribution in [0.4, 0.5) is 0 Å². The highest BCUT2D eigenvalue weighted by Crippen LogP contribution is 1.91. The summed E-state index contributed by atoms with van der Waals surface area (Å²) < 4.78 is 0. The fourth-order valence-corrected chi connectivity index (χ4v) is 1.15. The van der Waals surface area contributed by atoms with E-state index < -0.39 is 0 Å². The maximum absolute atomic E-state index is 4.23. The Bertz CT molecular complexity index is 280. The Morgan fingerprint density at radius 1 is 1.33 bits per heavy atom. The predicted molar refractivity (Wildman–Crippen MR) is 63.6 cm³/mol. The minimum absolute atomic E-state index is 0.827. The van der Waals surface area contributed by atoms with Crippen LogP contribution in [0.15, 0.2) is 36.5 Å². The van der Waals surface area contributed by atoms with E-state index in [4.69, 9.17) is 0 Å². The van der Waals surface area contributed by atoms with Crippen LogP contribution in [0, 0.1) is 0 Å². The third kappa shape index (κ3) is 5.99. The third-order valence-electron chi connectivity index (χ3n) is 1.93. The first-order valence-electron chi connectivity index (χ1n) is 5.19. The van der Waals surface area contributed by atoms with Crippen molar-refractivity contribution in [2.24, 2.45) is 0 Å². The van der Waals surface area contributed by atoms with Crippen molar-refractivity contribution >= 4 is 0 Å². The average Bonchev–Trinajstić information content (AvgIpc) is 2.24. The number of rotatable bonds is 6. The van der Waals surface area contributed by atoms with E-state index in [-0.39, 0.29) is 0 Å². The molecule has 0 radical (unpaired) electrons. The fraction of sp³-hybridized carbons (Fsp3) is 0.417. The molecule has 1 N–H and O–H groups in total. The van der Waals surface area contributed by atoms with Crippen molar-refractivity contribution in [3.63, 3.8) is 0 Å². The Morgan fingerprint density at radius 3 is 2.87 bits per heavy atom. The molecule has 3 heteroatoms. The van der Waals surface area contributed by atoms with E-state index in [1.807, 2.05) is 24.4 Å². The second-order valence-corrected chi connectivity index (χ2v) is 3.69. The summed E-state index contributed by atoms with van der Waals surface area (Å²) in [6, 6.07) is 5.96. The van der Waals surface area contributed by atoms with Gasteiger partial charge in [-0.25, -0.2) is 0 Å². The van der Waals surface area contributed by atoms with Gasteiger partial charge in [0, 0.05) is 25.8 Å². The van der Waals surface area contributed by atoms with Crippen molar-refractivity contribution in [2.75, 3.05) is 27.2 Å². The summed E-state index contributed by atoms with van der Waals surface area (Å²) in [4.78, 5) is 6.36. The summed E-state index contributed by atoms with van der Waals surface area (Å²) in [7, 11) is 4.12. The zero-order valence-corrected chi connectivity index (χ0v) is 9.48. The zero-order valence-electron chi connectivity index (χ0n) is 9.48.